The summed E-state index contributed by atoms with van der Waals surface area (Å²) in [5.41, 5.74) is 3.13. The van der Waals surface area contributed by atoms with E-state index in [1.165, 1.54) is 25.7 Å². The summed E-state index contributed by atoms with van der Waals surface area (Å²) in [5.74, 6) is 0.869. The summed E-state index contributed by atoms with van der Waals surface area (Å²) in [6, 6.07) is 6.63. The summed E-state index contributed by atoms with van der Waals surface area (Å²) in [6.45, 7) is 5.19. The van der Waals surface area contributed by atoms with Gasteiger partial charge >= 0.3 is 0 Å². The van der Waals surface area contributed by atoms with Gasteiger partial charge in [0.15, 0.2) is 0 Å². The van der Waals surface area contributed by atoms with E-state index in [1.54, 1.807) is 11.8 Å². The molecule has 2 aliphatic heterocycles. The van der Waals surface area contributed by atoms with Gasteiger partial charge in [0, 0.05) is 41.7 Å². The lowest BCUT2D eigenvalue weighted by molar-refractivity contribution is -0.123. The van der Waals surface area contributed by atoms with Crippen LogP contribution in [0.2, 0.25) is 5.02 Å². The summed E-state index contributed by atoms with van der Waals surface area (Å²) in [6.07, 6.45) is 5.40. The molecule has 0 spiro atoms. The van der Waals surface area contributed by atoms with E-state index in [9.17, 15) is 4.79 Å². The van der Waals surface area contributed by atoms with E-state index in [0.29, 0.717) is 12.5 Å². The van der Waals surface area contributed by atoms with E-state index in [1.807, 2.05) is 19.1 Å². The molecule has 0 bridgehead atoms. The van der Waals surface area contributed by atoms with Crippen LogP contribution in [0.5, 0.6) is 0 Å². The van der Waals surface area contributed by atoms with Crippen molar-refractivity contribution >= 4 is 50.9 Å². The number of aromatic nitrogens is 1. The van der Waals surface area contributed by atoms with Crippen LogP contribution in [0.15, 0.2) is 23.2 Å². The van der Waals surface area contributed by atoms with Gasteiger partial charge in [-0.2, -0.15) is 0 Å². The van der Waals surface area contributed by atoms with Crippen molar-refractivity contribution in [1.29, 1.82) is 0 Å². The first-order valence-corrected chi connectivity index (χ1v) is 13.3. The Morgan fingerprint density at radius 1 is 1.30 bits per heavy atom. The fourth-order valence-electron chi connectivity index (χ4n) is 4.96. The van der Waals surface area contributed by atoms with Gasteiger partial charge in [0.25, 0.3) is 0 Å². The minimum absolute atomic E-state index is 0.00651. The number of ether oxygens (including phenoxy) is 1. The zero-order valence-electron chi connectivity index (χ0n) is 19.0. The number of thioether (sulfide) groups is 1. The molecule has 1 aromatic carbocycles. The number of fused-ring (bicyclic) bond motifs is 1. The number of rotatable bonds is 7. The predicted molar refractivity (Wildman–Crippen MR) is 137 cm³/mol. The molecule has 178 valence electrons. The van der Waals surface area contributed by atoms with Crippen LogP contribution in [0, 0.1) is 0 Å². The number of carbonyl (C=O) groups is 1. The molecule has 2 fully saturated rings. The molecule has 7 nitrogen and oxygen atoms in total. The molecule has 1 aliphatic carbocycles. The standard InChI is InChI=1S/C24H32ClN5O2S/c1-15(30-6-8-32-9-7-30)26-22(31)13-19-14-33-24(28-19)21-11-16-10-17(25)12-20(23(16)29-21)27-18-4-2-3-5-18/h10-12,15,18-19,27,29H,2-9,13-14H2,1H3,(H,26,31)/t15?,19-/m1/s1. The first-order chi connectivity index (χ1) is 16.0. The topological polar surface area (TPSA) is 81.8 Å². The van der Waals surface area contributed by atoms with Crippen LogP contribution in [0.3, 0.4) is 0 Å². The highest BCUT2D eigenvalue weighted by Crippen LogP contribution is 2.33. The van der Waals surface area contributed by atoms with Crippen molar-refractivity contribution in [2.45, 2.75) is 57.3 Å². The Bertz CT molecular complexity index is 1030. The van der Waals surface area contributed by atoms with E-state index >= 15 is 0 Å². The zero-order valence-corrected chi connectivity index (χ0v) is 20.6. The van der Waals surface area contributed by atoms with Crippen molar-refractivity contribution in [3.63, 3.8) is 0 Å². The second kappa shape index (κ2) is 10.3. The fraction of sp³-hybridized carbons (Fsp3) is 0.583. The highest BCUT2D eigenvalue weighted by molar-refractivity contribution is 8.14. The number of aliphatic imine (C=N–C) groups is 1. The second-order valence-corrected chi connectivity index (χ2v) is 10.7. The van der Waals surface area contributed by atoms with Crippen LogP contribution in [0.25, 0.3) is 10.9 Å². The zero-order chi connectivity index (χ0) is 22.8. The van der Waals surface area contributed by atoms with Crippen molar-refractivity contribution in [3.8, 4) is 0 Å². The van der Waals surface area contributed by atoms with E-state index in [2.05, 4.69) is 26.6 Å². The lowest BCUT2D eigenvalue weighted by Crippen LogP contribution is -2.51. The molecule has 2 aromatic rings. The average molecular weight is 490 g/mol. The Morgan fingerprint density at radius 2 is 2.09 bits per heavy atom. The molecule has 3 N–H and O–H groups in total. The normalized spacial score (nSPS) is 23.1. The molecule has 1 saturated carbocycles. The largest absolute Gasteiger partial charge is 0.381 e. The number of carbonyl (C=O) groups excluding carboxylic acids is 1. The minimum atomic E-state index is -0.00651. The van der Waals surface area contributed by atoms with E-state index in [-0.39, 0.29) is 18.1 Å². The van der Waals surface area contributed by atoms with Crippen LogP contribution >= 0.6 is 23.4 Å². The SMILES string of the molecule is CC(NC(=O)C[C@@H]1CSC(c2cc3cc(Cl)cc(NC4CCCC4)c3[nH]2)=N1)N1CCOCC1. The van der Waals surface area contributed by atoms with E-state index < -0.39 is 0 Å². The van der Waals surface area contributed by atoms with Gasteiger partial charge < -0.3 is 20.4 Å². The smallest absolute Gasteiger partial charge is 0.223 e. The van der Waals surface area contributed by atoms with Crippen molar-refractivity contribution < 1.29 is 9.53 Å². The molecule has 1 saturated heterocycles. The molecule has 3 heterocycles. The molecule has 9 heteroatoms. The lowest BCUT2D eigenvalue weighted by Gasteiger charge is -2.32. The molecule has 5 rings (SSSR count). The Kier molecular flexibility index (Phi) is 7.16. The monoisotopic (exact) mass is 489 g/mol. The Balaban J connectivity index is 1.24. The molecule has 1 aromatic heterocycles. The Hall–Kier alpha value is -1.74. The lowest BCUT2D eigenvalue weighted by atomic mass is 10.2. The minimum Gasteiger partial charge on any atom is -0.381 e. The van der Waals surface area contributed by atoms with Crippen molar-refractivity contribution in [2.75, 3.05) is 37.4 Å². The van der Waals surface area contributed by atoms with E-state index in [0.717, 1.165) is 64.4 Å². The molecular weight excluding hydrogens is 458 g/mol. The van der Waals surface area contributed by atoms with Gasteiger partial charge in [0.2, 0.25) is 5.91 Å². The van der Waals surface area contributed by atoms with Crippen molar-refractivity contribution in [3.05, 3.63) is 28.9 Å². The third-order valence-corrected chi connectivity index (χ3v) is 8.10. The number of hydrogen-bond donors (Lipinski definition) is 3. The van der Waals surface area contributed by atoms with Gasteiger partial charge in [0.1, 0.15) is 5.04 Å². The summed E-state index contributed by atoms with van der Waals surface area (Å²) >= 11 is 8.12. The first kappa shape index (κ1) is 23.0. The molecule has 0 radical (unpaired) electrons. The number of amides is 1. The number of hydrogen-bond acceptors (Lipinski definition) is 6. The number of aromatic amines is 1. The fourth-order valence-corrected chi connectivity index (χ4v) is 6.21. The molecule has 3 aliphatic rings. The molecule has 1 unspecified atom stereocenters. The highest BCUT2D eigenvalue weighted by atomic mass is 35.5. The van der Waals surface area contributed by atoms with Crippen LogP contribution in [0.1, 0.15) is 44.7 Å². The summed E-state index contributed by atoms with van der Waals surface area (Å²) in [7, 11) is 0. The Morgan fingerprint density at radius 3 is 2.88 bits per heavy atom. The van der Waals surface area contributed by atoms with Crippen LogP contribution < -0.4 is 10.6 Å². The van der Waals surface area contributed by atoms with Crippen LogP contribution in [-0.2, 0) is 9.53 Å². The number of H-pyrrole nitrogens is 1. The van der Waals surface area contributed by atoms with Gasteiger partial charge in [-0.3, -0.25) is 14.7 Å². The van der Waals surface area contributed by atoms with E-state index in [4.69, 9.17) is 21.3 Å². The maximum atomic E-state index is 12.6. The van der Waals surface area contributed by atoms with Crippen molar-refractivity contribution in [1.82, 2.24) is 15.2 Å². The first-order valence-electron chi connectivity index (χ1n) is 12.0. The number of anilines is 1. The third-order valence-electron chi connectivity index (χ3n) is 6.73. The molecular formula is C24H32ClN5O2S. The summed E-state index contributed by atoms with van der Waals surface area (Å²) in [4.78, 5) is 23.3. The number of halogens is 1. The number of nitrogens with zero attached hydrogens (tertiary/aromatic N) is 2. The number of nitrogens with one attached hydrogen (secondary N) is 3. The predicted octanol–water partition coefficient (Wildman–Crippen LogP) is 4.22. The van der Waals surface area contributed by atoms with Crippen molar-refractivity contribution in [2.24, 2.45) is 4.99 Å². The quantitative estimate of drug-likeness (QED) is 0.542. The summed E-state index contributed by atoms with van der Waals surface area (Å²) in [5, 5.41) is 9.59. The average Bonchev–Trinajstić information content (AvgIpc) is 3.55. The Labute approximate surface area is 204 Å². The van der Waals surface area contributed by atoms with Gasteiger partial charge in [0.05, 0.1) is 42.3 Å². The van der Waals surface area contributed by atoms with Crippen LogP contribution in [-0.4, -0.2) is 71.1 Å². The van der Waals surface area contributed by atoms with Gasteiger partial charge in [-0.25, -0.2) is 0 Å². The third kappa shape index (κ3) is 5.50. The number of morpholine rings is 1. The van der Waals surface area contributed by atoms with Crippen LogP contribution in [0.4, 0.5) is 5.69 Å². The number of benzene rings is 1. The molecule has 2 atom stereocenters. The second-order valence-electron chi connectivity index (χ2n) is 9.22. The maximum absolute atomic E-state index is 12.6. The highest BCUT2D eigenvalue weighted by Gasteiger charge is 2.25. The molecule has 1 amide bonds. The van der Waals surface area contributed by atoms with Gasteiger partial charge in [-0.05, 0) is 38.0 Å². The summed E-state index contributed by atoms with van der Waals surface area (Å²) < 4.78 is 5.40. The molecule has 33 heavy (non-hydrogen) atoms. The maximum Gasteiger partial charge on any atom is 0.223 e. The van der Waals surface area contributed by atoms with Gasteiger partial charge in [-0.1, -0.05) is 24.4 Å². The van der Waals surface area contributed by atoms with Gasteiger partial charge in [-0.15, -0.1) is 11.8 Å².